The summed E-state index contributed by atoms with van der Waals surface area (Å²) in [6, 6.07) is 3.64. The maximum Gasteiger partial charge on any atom is 0.312 e. The van der Waals surface area contributed by atoms with Gasteiger partial charge in [0.25, 0.3) is 5.91 Å². The van der Waals surface area contributed by atoms with Crippen LogP contribution in [0.25, 0.3) is 0 Å². The third-order valence-electron chi connectivity index (χ3n) is 9.16. The molecule has 2 amide bonds. The largest absolute Gasteiger partial charge is 0.465 e. The molecule has 3 unspecified atom stereocenters. The smallest absolute Gasteiger partial charge is 0.312 e. The minimum atomic E-state index is -1.28. The summed E-state index contributed by atoms with van der Waals surface area (Å²) in [6.07, 6.45) is 4.16. The lowest BCUT2D eigenvalue weighted by molar-refractivity contribution is -0.162. The maximum absolute atomic E-state index is 14.8. The number of likely N-dealkylation sites (tertiary alicyclic amines) is 1. The number of fused-ring (bicyclic) bond motifs is 1. The minimum absolute atomic E-state index is 0.134. The number of hydrogen-bond donors (Lipinski definition) is 1. The summed E-state index contributed by atoms with van der Waals surface area (Å²) in [4.78, 5) is 45.8. The zero-order valence-electron chi connectivity index (χ0n) is 24.1. The number of aliphatic hydroxyl groups excluding tert-OH is 1. The average molecular weight is 573 g/mol. The Morgan fingerprint density at radius 2 is 2.02 bits per heavy atom. The van der Waals surface area contributed by atoms with E-state index in [4.69, 9.17) is 21.1 Å². The molecule has 3 saturated heterocycles. The molecule has 40 heavy (non-hydrogen) atoms. The number of carbonyl (C=O) groups excluding carboxylic acids is 3. The number of amides is 2. The SMILES string of the molecule is C=CCCOC(=O)[C@@H]1[C@H]2C(=O)N([C@@H](CO)C(C)C)C(C(=O)N(CC=C)c3c(C)cccc3Cl)C23CC(C)[C@@]1(C)O3. The van der Waals surface area contributed by atoms with Gasteiger partial charge >= 0.3 is 5.97 Å². The first kappa shape index (κ1) is 30.3. The molecule has 3 aliphatic rings. The molecule has 9 heteroatoms. The van der Waals surface area contributed by atoms with E-state index < -0.39 is 41.1 Å². The second-order valence-corrected chi connectivity index (χ2v) is 12.2. The standard InChI is InChI=1S/C31H41ClN2O6/c1-8-10-15-39-29(38)24-23-27(36)34(22(17-35)18(3)4)26(31(23)16-20(6)30(24,7)40-31)28(37)33(14-9-2)25-19(5)12-11-13-21(25)32/h8-9,11-13,18,20,22-24,26,35H,1-2,10,14-17H2,3-7H3/t20?,22-,23-,24-,26?,30+,31?/m0/s1. The predicted molar refractivity (Wildman–Crippen MR) is 154 cm³/mol. The molecule has 218 valence electrons. The van der Waals surface area contributed by atoms with Crippen molar-refractivity contribution in [2.45, 2.75) is 70.7 Å². The first-order chi connectivity index (χ1) is 18.9. The molecule has 8 nitrogen and oxygen atoms in total. The molecule has 1 spiro atoms. The summed E-state index contributed by atoms with van der Waals surface area (Å²) in [7, 11) is 0. The molecule has 4 rings (SSSR count). The van der Waals surface area contributed by atoms with E-state index in [0.29, 0.717) is 23.6 Å². The second-order valence-electron chi connectivity index (χ2n) is 11.8. The fraction of sp³-hybridized carbons (Fsp3) is 0.581. The summed E-state index contributed by atoms with van der Waals surface area (Å²) >= 11 is 6.63. The summed E-state index contributed by atoms with van der Waals surface area (Å²) in [5.41, 5.74) is -0.956. The highest BCUT2D eigenvalue weighted by Crippen LogP contribution is 2.66. The molecule has 3 aliphatic heterocycles. The number of aryl methyl sites for hydroxylation is 1. The van der Waals surface area contributed by atoms with E-state index in [1.807, 2.05) is 46.8 Å². The van der Waals surface area contributed by atoms with Crippen LogP contribution >= 0.6 is 11.6 Å². The van der Waals surface area contributed by atoms with Crippen LogP contribution in [0.4, 0.5) is 5.69 Å². The fourth-order valence-electron chi connectivity index (χ4n) is 7.16. The van der Waals surface area contributed by atoms with Gasteiger partial charge in [-0.3, -0.25) is 14.4 Å². The van der Waals surface area contributed by atoms with Crippen LogP contribution in [-0.2, 0) is 23.9 Å². The molecule has 0 aliphatic carbocycles. The van der Waals surface area contributed by atoms with Crippen LogP contribution in [0.2, 0.25) is 5.02 Å². The highest BCUT2D eigenvalue weighted by molar-refractivity contribution is 6.34. The molecule has 0 radical (unpaired) electrons. The van der Waals surface area contributed by atoms with Gasteiger partial charge in [0, 0.05) is 6.54 Å². The number of anilines is 1. The Hall–Kier alpha value is -2.68. The number of esters is 1. The van der Waals surface area contributed by atoms with Crippen molar-refractivity contribution in [2.24, 2.45) is 23.7 Å². The van der Waals surface area contributed by atoms with E-state index >= 15 is 0 Å². The number of halogens is 1. The van der Waals surface area contributed by atoms with Crippen molar-refractivity contribution in [1.82, 2.24) is 4.90 Å². The van der Waals surface area contributed by atoms with Gasteiger partial charge < -0.3 is 24.4 Å². The van der Waals surface area contributed by atoms with Gasteiger partial charge in [-0.25, -0.2) is 0 Å². The van der Waals surface area contributed by atoms with Crippen LogP contribution in [0.3, 0.4) is 0 Å². The number of aliphatic hydroxyl groups is 1. The van der Waals surface area contributed by atoms with Crippen molar-refractivity contribution in [3.63, 3.8) is 0 Å². The topological polar surface area (TPSA) is 96.4 Å². The summed E-state index contributed by atoms with van der Waals surface area (Å²) in [5.74, 6) is -3.40. The van der Waals surface area contributed by atoms with Crippen LogP contribution in [0.5, 0.6) is 0 Å². The van der Waals surface area contributed by atoms with E-state index in [9.17, 15) is 19.5 Å². The Morgan fingerprint density at radius 3 is 2.60 bits per heavy atom. The number of hydrogen-bond acceptors (Lipinski definition) is 6. The lowest BCUT2D eigenvalue weighted by Crippen LogP contribution is -2.60. The van der Waals surface area contributed by atoms with E-state index in [1.54, 1.807) is 23.1 Å². The number of carbonyl (C=O) groups is 3. The maximum atomic E-state index is 14.8. The molecule has 3 fully saturated rings. The van der Waals surface area contributed by atoms with Gasteiger partial charge in [-0.05, 0) is 50.2 Å². The van der Waals surface area contributed by atoms with Gasteiger partial charge in [-0.1, -0.05) is 56.7 Å². The number of nitrogens with zero attached hydrogens (tertiary/aromatic N) is 2. The van der Waals surface area contributed by atoms with Crippen molar-refractivity contribution >= 4 is 35.1 Å². The van der Waals surface area contributed by atoms with Crippen molar-refractivity contribution in [3.8, 4) is 0 Å². The zero-order valence-corrected chi connectivity index (χ0v) is 24.8. The molecule has 0 aromatic heterocycles. The molecular weight excluding hydrogens is 532 g/mol. The fourth-order valence-corrected chi connectivity index (χ4v) is 7.48. The molecule has 2 bridgehead atoms. The van der Waals surface area contributed by atoms with Gasteiger partial charge in [0.1, 0.15) is 17.6 Å². The number of para-hydroxylation sites is 1. The second kappa shape index (κ2) is 11.3. The van der Waals surface area contributed by atoms with Gasteiger partial charge in [0.15, 0.2) is 0 Å². The Kier molecular flexibility index (Phi) is 8.56. The lowest BCUT2D eigenvalue weighted by Gasteiger charge is -2.41. The Labute approximate surface area is 241 Å². The third-order valence-corrected chi connectivity index (χ3v) is 9.46. The van der Waals surface area contributed by atoms with Crippen molar-refractivity contribution in [3.05, 3.63) is 54.1 Å². The highest BCUT2D eigenvalue weighted by Gasteiger charge is 2.81. The van der Waals surface area contributed by atoms with Crippen LogP contribution < -0.4 is 4.90 Å². The quantitative estimate of drug-likeness (QED) is 0.241. The zero-order chi connectivity index (χ0) is 29.6. The van der Waals surface area contributed by atoms with E-state index in [0.717, 1.165) is 5.56 Å². The number of ether oxygens (including phenoxy) is 2. The number of rotatable bonds is 11. The molecule has 3 heterocycles. The third kappa shape index (κ3) is 4.48. The molecule has 0 saturated carbocycles. The monoisotopic (exact) mass is 572 g/mol. The van der Waals surface area contributed by atoms with Crippen LogP contribution in [0.1, 0.15) is 46.1 Å². The van der Waals surface area contributed by atoms with Crippen molar-refractivity contribution in [1.29, 1.82) is 0 Å². The van der Waals surface area contributed by atoms with Crippen LogP contribution in [0, 0.1) is 30.6 Å². The molecule has 1 aromatic rings. The predicted octanol–water partition coefficient (Wildman–Crippen LogP) is 4.31. The van der Waals surface area contributed by atoms with Gasteiger partial charge in [0.05, 0.1) is 41.5 Å². The first-order valence-electron chi connectivity index (χ1n) is 14.0. The first-order valence-corrected chi connectivity index (χ1v) is 14.4. The Morgan fingerprint density at radius 1 is 1.32 bits per heavy atom. The molecular formula is C31H41ClN2O6. The highest BCUT2D eigenvalue weighted by atomic mass is 35.5. The molecule has 1 N–H and O–H groups in total. The minimum Gasteiger partial charge on any atom is -0.465 e. The van der Waals surface area contributed by atoms with Gasteiger partial charge in [-0.2, -0.15) is 0 Å². The van der Waals surface area contributed by atoms with Gasteiger partial charge in [0.2, 0.25) is 5.91 Å². The molecule has 7 atom stereocenters. The van der Waals surface area contributed by atoms with Crippen molar-refractivity contribution in [2.75, 3.05) is 24.7 Å². The van der Waals surface area contributed by atoms with E-state index in [1.165, 1.54) is 4.90 Å². The lowest BCUT2D eigenvalue weighted by atomic mass is 9.62. The van der Waals surface area contributed by atoms with E-state index in [-0.39, 0.29) is 43.4 Å². The normalized spacial score (nSPS) is 31.3. The molecule has 1 aromatic carbocycles. The van der Waals surface area contributed by atoms with Crippen molar-refractivity contribution < 1.29 is 29.0 Å². The van der Waals surface area contributed by atoms with Crippen LogP contribution in [-0.4, -0.2) is 70.8 Å². The van der Waals surface area contributed by atoms with Crippen LogP contribution in [0.15, 0.2) is 43.5 Å². The van der Waals surface area contributed by atoms with Gasteiger partial charge in [-0.15, -0.1) is 13.2 Å². The Balaban J connectivity index is 1.89. The summed E-state index contributed by atoms with van der Waals surface area (Å²) in [5, 5.41) is 10.9. The van der Waals surface area contributed by atoms with E-state index in [2.05, 4.69) is 13.2 Å². The summed E-state index contributed by atoms with van der Waals surface area (Å²) < 4.78 is 12.4. The summed E-state index contributed by atoms with van der Waals surface area (Å²) in [6.45, 7) is 17.0. The Bertz CT molecular complexity index is 1180. The average Bonchev–Trinajstić information content (AvgIpc) is 3.40. The number of benzene rings is 1.